The van der Waals surface area contributed by atoms with E-state index in [1.54, 1.807) is 12.4 Å². The van der Waals surface area contributed by atoms with Crippen molar-refractivity contribution in [1.82, 2.24) is 24.1 Å². The second-order valence-corrected chi connectivity index (χ2v) is 9.48. The smallest absolute Gasteiger partial charge is 0.163 e. The van der Waals surface area contributed by atoms with Crippen LogP contribution in [0.25, 0.3) is 66.4 Å². The Hall–Kier alpha value is -5.29. The van der Waals surface area contributed by atoms with Crippen molar-refractivity contribution < 1.29 is 0 Å². The minimum absolute atomic E-state index is 0.659. The number of hydrogen-bond acceptors (Lipinski definition) is 3. The van der Waals surface area contributed by atoms with Gasteiger partial charge >= 0.3 is 0 Å². The summed E-state index contributed by atoms with van der Waals surface area (Å²) in [6, 6.07) is 36.2. The molecule has 0 unspecified atom stereocenters. The summed E-state index contributed by atoms with van der Waals surface area (Å²) < 4.78 is 4.49. The van der Waals surface area contributed by atoms with E-state index in [1.807, 2.05) is 24.4 Å². The maximum atomic E-state index is 4.96. The molecule has 0 spiro atoms. The van der Waals surface area contributed by atoms with E-state index in [2.05, 4.69) is 110 Å². The van der Waals surface area contributed by atoms with Crippen LogP contribution in [0.1, 0.15) is 0 Å². The van der Waals surface area contributed by atoms with Crippen LogP contribution >= 0.6 is 0 Å². The third kappa shape index (κ3) is 3.15. The van der Waals surface area contributed by atoms with E-state index in [1.165, 1.54) is 32.4 Å². The van der Waals surface area contributed by atoms with E-state index in [4.69, 9.17) is 4.98 Å². The fraction of sp³-hybridized carbons (Fsp3) is 0. The molecular weight excluding hydrogens is 466 g/mol. The number of fused-ring (bicyclic) bond motifs is 5. The Kier molecular flexibility index (Phi) is 4.45. The minimum atomic E-state index is 0.659. The summed E-state index contributed by atoms with van der Waals surface area (Å²) in [6.07, 6.45) is 7.53. The van der Waals surface area contributed by atoms with Crippen LogP contribution in [-0.4, -0.2) is 24.1 Å². The van der Waals surface area contributed by atoms with Crippen molar-refractivity contribution in [3.63, 3.8) is 0 Å². The molecule has 0 radical (unpaired) electrons. The second kappa shape index (κ2) is 8.11. The van der Waals surface area contributed by atoms with Crippen LogP contribution in [-0.2, 0) is 0 Å². The molecule has 0 atom stereocenters. The Balaban J connectivity index is 1.39. The Morgan fingerprint density at radius 1 is 0.579 bits per heavy atom. The molecule has 5 nitrogen and oxygen atoms in total. The van der Waals surface area contributed by atoms with Gasteiger partial charge in [0, 0.05) is 52.2 Å². The summed E-state index contributed by atoms with van der Waals surface area (Å²) in [5, 5.41) is 6.02. The van der Waals surface area contributed by atoms with Gasteiger partial charge in [0.2, 0.25) is 0 Å². The molecule has 178 valence electrons. The first-order valence-corrected chi connectivity index (χ1v) is 12.6. The van der Waals surface area contributed by atoms with Gasteiger partial charge in [0.1, 0.15) is 5.82 Å². The highest BCUT2D eigenvalue weighted by Gasteiger charge is 2.16. The summed E-state index contributed by atoms with van der Waals surface area (Å²) in [7, 11) is 0. The zero-order chi connectivity index (χ0) is 25.1. The van der Waals surface area contributed by atoms with Crippen LogP contribution < -0.4 is 0 Å². The van der Waals surface area contributed by atoms with Crippen molar-refractivity contribution in [3.8, 4) is 22.9 Å². The lowest BCUT2D eigenvalue weighted by atomic mass is 10.0. The highest BCUT2D eigenvalue weighted by atomic mass is 15.1. The molecular formula is C33H21N5. The van der Waals surface area contributed by atoms with Crippen molar-refractivity contribution in [2.75, 3.05) is 0 Å². The van der Waals surface area contributed by atoms with Gasteiger partial charge in [-0.15, -0.1) is 0 Å². The van der Waals surface area contributed by atoms with Gasteiger partial charge in [-0.25, -0.2) is 9.97 Å². The third-order valence-electron chi connectivity index (χ3n) is 7.26. The van der Waals surface area contributed by atoms with Gasteiger partial charge in [0.15, 0.2) is 5.82 Å². The zero-order valence-corrected chi connectivity index (χ0v) is 20.4. The predicted molar refractivity (Wildman–Crippen MR) is 154 cm³/mol. The molecule has 4 heterocycles. The van der Waals surface area contributed by atoms with Gasteiger partial charge < -0.3 is 4.57 Å². The van der Waals surface area contributed by atoms with E-state index in [9.17, 15) is 0 Å². The van der Waals surface area contributed by atoms with Crippen molar-refractivity contribution >= 4 is 43.5 Å². The molecule has 5 heteroatoms. The Bertz CT molecular complexity index is 2120. The molecule has 0 aliphatic rings. The molecule has 0 N–H and O–H groups in total. The number of aromatic nitrogens is 5. The lowest BCUT2D eigenvalue weighted by Gasteiger charge is -2.10. The first-order valence-electron chi connectivity index (χ1n) is 12.6. The summed E-state index contributed by atoms with van der Waals surface area (Å²) in [5.41, 5.74) is 5.49. The molecule has 4 aromatic heterocycles. The van der Waals surface area contributed by atoms with Crippen LogP contribution in [0.5, 0.6) is 0 Å². The average molecular weight is 488 g/mol. The minimum Gasteiger partial charge on any atom is -0.317 e. The number of pyridine rings is 1. The third-order valence-corrected chi connectivity index (χ3v) is 7.26. The number of benzene rings is 4. The number of hydrogen-bond donors (Lipinski definition) is 0. The Labute approximate surface area is 218 Å². The highest BCUT2D eigenvalue weighted by Crippen LogP contribution is 2.36. The molecule has 0 amide bonds. The quantitative estimate of drug-likeness (QED) is 0.256. The summed E-state index contributed by atoms with van der Waals surface area (Å²) in [6.45, 7) is 0. The lowest BCUT2D eigenvalue weighted by molar-refractivity contribution is 1.04. The molecule has 8 aromatic rings. The molecule has 8 rings (SSSR count). The fourth-order valence-electron chi connectivity index (χ4n) is 5.52. The normalized spacial score (nSPS) is 11.7. The molecule has 0 saturated heterocycles. The van der Waals surface area contributed by atoms with Gasteiger partial charge in [-0.05, 0) is 77.5 Å². The number of para-hydroxylation sites is 2. The van der Waals surface area contributed by atoms with Crippen LogP contribution in [0.15, 0.2) is 128 Å². The van der Waals surface area contributed by atoms with Gasteiger partial charge in [-0.3, -0.25) is 9.55 Å². The van der Waals surface area contributed by atoms with E-state index < -0.39 is 0 Å². The van der Waals surface area contributed by atoms with Gasteiger partial charge in [-0.2, -0.15) is 0 Å². The van der Waals surface area contributed by atoms with E-state index in [-0.39, 0.29) is 0 Å². The van der Waals surface area contributed by atoms with E-state index >= 15 is 0 Å². The van der Waals surface area contributed by atoms with Crippen molar-refractivity contribution in [2.45, 2.75) is 0 Å². The Morgan fingerprint density at radius 3 is 2.32 bits per heavy atom. The predicted octanol–water partition coefficient (Wildman–Crippen LogP) is 7.73. The Morgan fingerprint density at radius 2 is 1.42 bits per heavy atom. The van der Waals surface area contributed by atoms with Crippen LogP contribution in [0.2, 0.25) is 0 Å². The van der Waals surface area contributed by atoms with Crippen LogP contribution in [0.3, 0.4) is 0 Å². The monoisotopic (exact) mass is 487 g/mol. The van der Waals surface area contributed by atoms with Crippen LogP contribution in [0.4, 0.5) is 0 Å². The average Bonchev–Trinajstić information content (AvgIpc) is 3.54. The summed E-state index contributed by atoms with van der Waals surface area (Å²) in [5.74, 6) is 1.49. The second-order valence-electron chi connectivity index (χ2n) is 9.48. The zero-order valence-electron chi connectivity index (χ0n) is 20.4. The lowest BCUT2D eigenvalue weighted by Crippen LogP contribution is -2.00. The van der Waals surface area contributed by atoms with Crippen molar-refractivity contribution in [1.29, 1.82) is 0 Å². The molecule has 0 bridgehead atoms. The standard InChI is InChI=1S/C33H21N5/c1-2-8-26(9-3-1)37-16-13-22-17-24-20-31-28(18-25(24)19-30(22)37)27-10-4-5-11-29(27)38(31)32-12-15-35-33(36-32)23-7-6-14-34-21-23/h1-21H. The maximum absolute atomic E-state index is 4.96. The topological polar surface area (TPSA) is 48.5 Å². The first kappa shape index (κ1) is 20.9. The van der Waals surface area contributed by atoms with Crippen LogP contribution in [0, 0.1) is 0 Å². The molecule has 0 aliphatic heterocycles. The number of nitrogens with zero attached hydrogens (tertiary/aromatic N) is 5. The maximum Gasteiger partial charge on any atom is 0.163 e. The molecule has 0 aliphatic carbocycles. The SMILES string of the molecule is c1ccc(-n2ccc3cc4cc5c(cc4cc32)c2ccccc2n5-c2ccnc(-c3cccnc3)n2)cc1. The summed E-state index contributed by atoms with van der Waals surface area (Å²) in [4.78, 5) is 13.7. The van der Waals surface area contributed by atoms with E-state index in [0.717, 1.165) is 28.1 Å². The largest absolute Gasteiger partial charge is 0.317 e. The molecule has 0 saturated carbocycles. The van der Waals surface area contributed by atoms with Gasteiger partial charge in [0.25, 0.3) is 0 Å². The fourth-order valence-corrected chi connectivity index (χ4v) is 5.52. The molecule has 38 heavy (non-hydrogen) atoms. The number of rotatable bonds is 3. The van der Waals surface area contributed by atoms with E-state index in [0.29, 0.717) is 5.82 Å². The van der Waals surface area contributed by atoms with Gasteiger partial charge in [-0.1, -0.05) is 36.4 Å². The molecule has 0 fully saturated rings. The molecule has 4 aromatic carbocycles. The summed E-state index contributed by atoms with van der Waals surface area (Å²) >= 11 is 0. The highest BCUT2D eigenvalue weighted by molar-refractivity contribution is 6.14. The van der Waals surface area contributed by atoms with Crippen molar-refractivity contribution in [3.05, 3.63) is 128 Å². The van der Waals surface area contributed by atoms with Crippen molar-refractivity contribution in [2.24, 2.45) is 0 Å². The first-order chi connectivity index (χ1) is 18.8. The van der Waals surface area contributed by atoms with Gasteiger partial charge in [0.05, 0.1) is 16.6 Å².